The molecule has 0 radical (unpaired) electrons. The summed E-state index contributed by atoms with van der Waals surface area (Å²) < 4.78 is 50.5. The molecule has 0 saturated heterocycles. The van der Waals surface area contributed by atoms with E-state index in [2.05, 4.69) is 10.3 Å². The highest BCUT2D eigenvalue weighted by molar-refractivity contribution is 7.89. The third-order valence-corrected chi connectivity index (χ3v) is 5.86. The van der Waals surface area contributed by atoms with Crippen molar-refractivity contribution in [2.24, 2.45) is 0 Å². The third-order valence-electron chi connectivity index (χ3n) is 5.31. The maximum atomic E-state index is 14.6. The smallest absolute Gasteiger partial charge is 0.268 e. The molecule has 2 aliphatic rings. The minimum Gasteiger partial charge on any atom is -0.465 e. The summed E-state index contributed by atoms with van der Waals surface area (Å²) in [4.78, 5) is 17.0. The number of ether oxygens (including phenoxy) is 2. The number of carbonyl (C=O) groups is 1. The van der Waals surface area contributed by atoms with Crippen molar-refractivity contribution < 1.29 is 32.2 Å². The number of benzene rings is 1. The number of hydrogen-bond donors (Lipinski definition) is 3. The first kappa shape index (κ1) is 23.1. The van der Waals surface area contributed by atoms with Crippen molar-refractivity contribution in [3.05, 3.63) is 53.0 Å². The van der Waals surface area contributed by atoms with Gasteiger partial charge < -0.3 is 19.9 Å². The molecule has 0 bridgehead atoms. The second kappa shape index (κ2) is 9.46. The predicted octanol–water partition coefficient (Wildman–Crippen LogP) is 2.66. The highest BCUT2D eigenvalue weighted by Crippen LogP contribution is 2.42. The zero-order chi connectivity index (χ0) is 23.6. The number of sulfonamides is 1. The lowest BCUT2D eigenvalue weighted by atomic mass is 9.99. The van der Waals surface area contributed by atoms with E-state index in [-0.39, 0.29) is 28.7 Å². The number of aliphatic hydroxyl groups excluding tert-OH is 1. The molecule has 2 aromatic rings. The number of pyridine rings is 1. The lowest BCUT2D eigenvalue weighted by Gasteiger charge is -2.21. The first-order chi connectivity index (χ1) is 15.7. The van der Waals surface area contributed by atoms with Gasteiger partial charge in [-0.2, -0.15) is 0 Å². The number of carbonyl (C=O) groups excluding carboxylic acids is 1. The Balaban J connectivity index is 1.77. The van der Waals surface area contributed by atoms with Crippen LogP contribution in [-0.4, -0.2) is 50.7 Å². The molecule has 1 saturated carbocycles. The summed E-state index contributed by atoms with van der Waals surface area (Å²) >= 11 is 0. The molecule has 1 amide bonds. The molecule has 11 heteroatoms. The van der Waals surface area contributed by atoms with E-state index in [9.17, 15) is 22.7 Å². The van der Waals surface area contributed by atoms with Crippen LogP contribution in [0.2, 0.25) is 0 Å². The van der Waals surface area contributed by atoms with Gasteiger partial charge in [0.25, 0.3) is 5.91 Å². The minimum absolute atomic E-state index is 0.00383. The number of hydrogen-bond acceptors (Lipinski definition) is 8. The van der Waals surface area contributed by atoms with Gasteiger partial charge in [0.1, 0.15) is 11.6 Å². The summed E-state index contributed by atoms with van der Waals surface area (Å²) in [6, 6.07) is 4.04. The highest BCUT2D eigenvalue weighted by Gasteiger charge is 2.27. The van der Waals surface area contributed by atoms with E-state index in [1.807, 2.05) is 4.72 Å². The molecule has 0 unspecified atom stereocenters. The van der Waals surface area contributed by atoms with Crippen molar-refractivity contribution in [3.8, 4) is 5.75 Å². The Morgan fingerprint density at radius 2 is 2.12 bits per heavy atom. The van der Waals surface area contributed by atoms with Gasteiger partial charge in [-0.25, -0.2) is 22.5 Å². The van der Waals surface area contributed by atoms with Crippen LogP contribution in [0.5, 0.6) is 5.75 Å². The largest absolute Gasteiger partial charge is 0.465 e. The van der Waals surface area contributed by atoms with E-state index in [0.717, 1.165) is 36.3 Å². The van der Waals surface area contributed by atoms with Gasteiger partial charge >= 0.3 is 0 Å². The van der Waals surface area contributed by atoms with Gasteiger partial charge in [0, 0.05) is 17.8 Å². The average Bonchev–Trinajstić information content (AvgIpc) is 3.60. The second-order valence-electron chi connectivity index (χ2n) is 7.93. The zero-order valence-electron chi connectivity index (χ0n) is 17.9. The number of anilines is 2. The maximum Gasteiger partial charge on any atom is 0.268 e. The van der Waals surface area contributed by atoms with Crippen LogP contribution in [0.15, 0.2) is 30.5 Å². The standard InChI is InChI=1S/C22H24FN3O6S/c1-33(29,30)26-22(28)18-8-15(13-2-3-13)11-24-21(18)25-19-10-16(23)9-17(20(19)32-12-27)14-4-6-31-7-5-14/h4,8-11,13,27H,2-3,5-7,12H2,1H3,(H,24,25)(H,26,28). The van der Waals surface area contributed by atoms with Gasteiger partial charge in [0.2, 0.25) is 10.0 Å². The number of nitrogens with one attached hydrogen (secondary N) is 2. The van der Waals surface area contributed by atoms with Crippen molar-refractivity contribution in [1.82, 2.24) is 9.71 Å². The zero-order valence-corrected chi connectivity index (χ0v) is 18.7. The molecule has 176 valence electrons. The molecule has 9 nitrogen and oxygen atoms in total. The molecule has 2 heterocycles. The monoisotopic (exact) mass is 477 g/mol. The number of amides is 1. The average molecular weight is 478 g/mol. The molecule has 33 heavy (non-hydrogen) atoms. The number of aromatic nitrogens is 1. The summed E-state index contributed by atoms with van der Waals surface area (Å²) in [5.74, 6) is -0.952. The molecular weight excluding hydrogens is 453 g/mol. The van der Waals surface area contributed by atoms with Crippen LogP contribution in [0.4, 0.5) is 15.9 Å². The van der Waals surface area contributed by atoms with E-state index in [1.54, 1.807) is 18.3 Å². The molecule has 1 aliphatic carbocycles. The van der Waals surface area contributed by atoms with Gasteiger partial charge in [0.05, 0.1) is 30.7 Å². The number of nitrogens with zero attached hydrogens (tertiary/aromatic N) is 1. The van der Waals surface area contributed by atoms with Crippen molar-refractivity contribution in [3.63, 3.8) is 0 Å². The molecule has 3 N–H and O–H groups in total. The number of halogens is 1. The molecule has 1 aromatic heterocycles. The molecule has 4 rings (SSSR count). The number of rotatable bonds is 8. The fourth-order valence-corrected chi connectivity index (χ4v) is 4.11. The van der Waals surface area contributed by atoms with Crippen LogP contribution in [-0.2, 0) is 14.8 Å². The Hall–Kier alpha value is -3.02. The van der Waals surface area contributed by atoms with E-state index < -0.39 is 28.5 Å². The molecule has 0 atom stereocenters. The fourth-order valence-electron chi connectivity index (χ4n) is 3.66. The lowest BCUT2D eigenvalue weighted by molar-refractivity contribution is 0.0976. The van der Waals surface area contributed by atoms with Crippen molar-refractivity contribution in [2.45, 2.75) is 25.2 Å². The first-order valence-electron chi connectivity index (χ1n) is 10.4. The third kappa shape index (κ3) is 5.67. The van der Waals surface area contributed by atoms with Crippen molar-refractivity contribution >= 4 is 33.0 Å². The van der Waals surface area contributed by atoms with E-state index in [1.165, 1.54) is 6.07 Å². The van der Waals surface area contributed by atoms with E-state index in [4.69, 9.17) is 9.47 Å². The van der Waals surface area contributed by atoms with Gasteiger partial charge in [-0.3, -0.25) is 4.79 Å². The minimum atomic E-state index is -3.82. The Bertz CT molecular complexity index is 1210. The van der Waals surface area contributed by atoms with Crippen LogP contribution in [0.3, 0.4) is 0 Å². The summed E-state index contributed by atoms with van der Waals surface area (Å²) in [5.41, 5.74) is 2.17. The van der Waals surface area contributed by atoms with Crippen LogP contribution in [0.25, 0.3) is 5.57 Å². The predicted molar refractivity (Wildman–Crippen MR) is 119 cm³/mol. The van der Waals surface area contributed by atoms with Crippen LogP contribution < -0.4 is 14.8 Å². The Labute approximate surface area is 190 Å². The van der Waals surface area contributed by atoms with E-state index in [0.29, 0.717) is 25.2 Å². The molecule has 0 spiro atoms. The summed E-state index contributed by atoms with van der Waals surface area (Å²) in [6.07, 6.45) is 6.74. The second-order valence-corrected chi connectivity index (χ2v) is 9.67. The first-order valence-corrected chi connectivity index (χ1v) is 12.3. The number of aliphatic hydroxyl groups is 1. The summed E-state index contributed by atoms with van der Waals surface area (Å²) in [6.45, 7) is 0.170. The van der Waals surface area contributed by atoms with Crippen LogP contribution in [0, 0.1) is 5.82 Å². The lowest BCUT2D eigenvalue weighted by Crippen LogP contribution is -2.30. The Morgan fingerprint density at radius 1 is 1.33 bits per heavy atom. The van der Waals surface area contributed by atoms with Crippen molar-refractivity contribution in [2.75, 3.05) is 31.6 Å². The van der Waals surface area contributed by atoms with E-state index >= 15 is 0 Å². The van der Waals surface area contributed by atoms with Crippen LogP contribution >= 0.6 is 0 Å². The topological polar surface area (TPSA) is 127 Å². The quantitative estimate of drug-likeness (QED) is 0.496. The highest BCUT2D eigenvalue weighted by atomic mass is 32.2. The molecule has 1 fully saturated rings. The molecular formula is C22H24FN3O6S. The van der Waals surface area contributed by atoms with Gasteiger partial charge in [-0.05, 0) is 48.4 Å². The summed E-state index contributed by atoms with van der Waals surface area (Å²) in [5, 5.41) is 12.3. The molecule has 1 aliphatic heterocycles. The Kier molecular flexibility index (Phi) is 6.63. The van der Waals surface area contributed by atoms with Gasteiger partial charge in [-0.15, -0.1) is 0 Å². The van der Waals surface area contributed by atoms with Crippen molar-refractivity contribution in [1.29, 1.82) is 0 Å². The summed E-state index contributed by atoms with van der Waals surface area (Å²) in [7, 11) is -3.82. The Morgan fingerprint density at radius 3 is 2.76 bits per heavy atom. The SMILES string of the molecule is CS(=O)(=O)NC(=O)c1cc(C2CC2)cnc1Nc1cc(F)cc(C2=CCOCC2)c1OCO. The fraction of sp³-hybridized carbons (Fsp3) is 0.364. The molecule has 1 aromatic carbocycles. The maximum absolute atomic E-state index is 14.6. The normalized spacial score (nSPS) is 16.2. The van der Waals surface area contributed by atoms with Crippen LogP contribution in [0.1, 0.15) is 46.7 Å². The van der Waals surface area contributed by atoms with Gasteiger partial charge in [0.15, 0.2) is 12.5 Å². The van der Waals surface area contributed by atoms with Gasteiger partial charge in [-0.1, -0.05) is 6.08 Å².